The van der Waals surface area contributed by atoms with Crippen molar-refractivity contribution in [2.24, 2.45) is 10.9 Å². The summed E-state index contributed by atoms with van der Waals surface area (Å²) in [5, 5.41) is 6.77. The molecular formula is C24H39N5O2. The number of nitrogens with one attached hydrogen (secondary N) is 2. The molecule has 1 saturated heterocycles. The zero-order valence-electron chi connectivity index (χ0n) is 19.2. The first-order chi connectivity index (χ1) is 15.2. The molecule has 0 unspecified atom stereocenters. The second-order valence-electron chi connectivity index (χ2n) is 8.31. The third-order valence-corrected chi connectivity index (χ3v) is 6.13. The third kappa shape index (κ3) is 7.13. The Hall–Kier alpha value is -2.28. The minimum absolute atomic E-state index is 0.292. The largest absolute Gasteiger partial charge is 0.494 e. The number of amides is 1. The number of benzene rings is 1. The van der Waals surface area contributed by atoms with E-state index in [4.69, 9.17) is 9.73 Å². The summed E-state index contributed by atoms with van der Waals surface area (Å²) in [6.45, 7) is 11.5. The molecule has 0 atom stereocenters. The number of guanidine groups is 1. The lowest BCUT2D eigenvalue weighted by molar-refractivity contribution is -0.137. The zero-order valence-corrected chi connectivity index (χ0v) is 19.2. The van der Waals surface area contributed by atoms with Gasteiger partial charge in [-0.15, -0.1) is 0 Å². The predicted molar refractivity (Wildman–Crippen MR) is 125 cm³/mol. The first kappa shape index (κ1) is 23.4. The van der Waals surface area contributed by atoms with E-state index in [-0.39, 0.29) is 0 Å². The van der Waals surface area contributed by atoms with Crippen molar-refractivity contribution in [3.63, 3.8) is 0 Å². The summed E-state index contributed by atoms with van der Waals surface area (Å²) < 4.78 is 5.70. The number of rotatable bonds is 9. The third-order valence-electron chi connectivity index (χ3n) is 6.13. The molecule has 0 radical (unpaired) electrons. The van der Waals surface area contributed by atoms with Gasteiger partial charge in [0.1, 0.15) is 5.75 Å². The van der Waals surface area contributed by atoms with Crippen LogP contribution in [0.25, 0.3) is 0 Å². The van der Waals surface area contributed by atoms with Crippen molar-refractivity contribution >= 4 is 11.9 Å². The number of para-hydroxylation sites is 1. The van der Waals surface area contributed by atoms with Gasteiger partial charge in [-0.2, -0.15) is 0 Å². The van der Waals surface area contributed by atoms with Gasteiger partial charge in [-0.05, 0) is 32.8 Å². The van der Waals surface area contributed by atoms with E-state index >= 15 is 0 Å². The number of carbonyl (C=O) groups excluding carboxylic acids is 1. The summed E-state index contributed by atoms with van der Waals surface area (Å²) in [6, 6.07) is 8.06. The van der Waals surface area contributed by atoms with Crippen LogP contribution in [0.1, 0.15) is 45.1 Å². The van der Waals surface area contributed by atoms with E-state index < -0.39 is 0 Å². The van der Waals surface area contributed by atoms with Crippen molar-refractivity contribution in [1.29, 1.82) is 0 Å². The molecule has 0 spiro atoms. The molecular weight excluding hydrogens is 390 g/mol. The quantitative estimate of drug-likeness (QED) is 0.466. The molecule has 7 nitrogen and oxygen atoms in total. The van der Waals surface area contributed by atoms with E-state index in [0.29, 0.717) is 25.0 Å². The normalized spacial score (nSPS) is 18.3. The molecule has 172 valence electrons. The monoisotopic (exact) mass is 429 g/mol. The molecule has 1 aliphatic carbocycles. The Labute approximate surface area is 187 Å². The van der Waals surface area contributed by atoms with Gasteiger partial charge >= 0.3 is 0 Å². The van der Waals surface area contributed by atoms with E-state index in [1.807, 2.05) is 25.1 Å². The molecule has 3 rings (SSSR count). The van der Waals surface area contributed by atoms with Crippen molar-refractivity contribution in [2.75, 3.05) is 52.4 Å². The SMILES string of the molecule is CCNC(=NCc1ccccc1OCC)NCCN1CCN(C(=O)C2CCCC2)CC1. The van der Waals surface area contributed by atoms with E-state index in [2.05, 4.69) is 33.4 Å². The number of piperazine rings is 1. The Morgan fingerprint density at radius 3 is 2.55 bits per heavy atom. The molecule has 1 saturated carbocycles. The van der Waals surface area contributed by atoms with Crippen LogP contribution in [-0.2, 0) is 11.3 Å². The molecule has 1 aliphatic heterocycles. The molecule has 2 fully saturated rings. The minimum Gasteiger partial charge on any atom is -0.494 e. The Kier molecular flexibility index (Phi) is 9.46. The van der Waals surface area contributed by atoms with E-state index in [9.17, 15) is 4.79 Å². The van der Waals surface area contributed by atoms with Crippen LogP contribution in [-0.4, -0.2) is 74.1 Å². The Morgan fingerprint density at radius 1 is 1.10 bits per heavy atom. The summed E-state index contributed by atoms with van der Waals surface area (Å²) in [5.41, 5.74) is 1.09. The Morgan fingerprint density at radius 2 is 1.84 bits per heavy atom. The molecule has 1 aromatic rings. The molecule has 2 aliphatic rings. The lowest BCUT2D eigenvalue weighted by Gasteiger charge is -2.36. The van der Waals surface area contributed by atoms with E-state index in [1.165, 1.54) is 12.8 Å². The second-order valence-corrected chi connectivity index (χ2v) is 8.31. The van der Waals surface area contributed by atoms with Gasteiger partial charge in [0.15, 0.2) is 5.96 Å². The fourth-order valence-electron chi connectivity index (χ4n) is 4.39. The lowest BCUT2D eigenvalue weighted by atomic mass is 10.1. The van der Waals surface area contributed by atoms with Crippen LogP contribution in [0, 0.1) is 5.92 Å². The fraction of sp³-hybridized carbons (Fsp3) is 0.667. The van der Waals surface area contributed by atoms with Crippen molar-refractivity contribution in [3.8, 4) is 5.75 Å². The maximum atomic E-state index is 12.6. The molecule has 0 bridgehead atoms. The average Bonchev–Trinajstić information content (AvgIpc) is 3.33. The number of hydrogen-bond donors (Lipinski definition) is 2. The lowest BCUT2D eigenvalue weighted by Crippen LogP contribution is -2.51. The number of aliphatic imine (C=N–C) groups is 1. The van der Waals surface area contributed by atoms with Crippen LogP contribution < -0.4 is 15.4 Å². The highest BCUT2D eigenvalue weighted by molar-refractivity contribution is 5.80. The van der Waals surface area contributed by atoms with Gasteiger partial charge in [0.05, 0.1) is 13.2 Å². The summed E-state index contributed by atoms with van der Waals surface area (Å²) in [7, 11) is 0. The molecule has 0 aromatic heterocycles. The fourth-order valence-corrected chi connectivity index (χ4v) is 4.39. The first-order valence-corrected chi connectivity index (χ1v) is 11.9. The minimum atomic E-state index is 0.292. The van der Waals surface area contributed by atoms with Gasteiger partial charge in [-0.1, -0.05) is 31.0 Å². The van der Waals surface area contributed by atoms with Crippen molar-refractivity contribution in [1.82, 2.24) is 20.4 Å². The van der Waals surface area contributed by atoms with Crippen molar-refractivity contribution in [3.05, 3.63) is 29.8 Å². The summed E-state index contributed by atoms with van der Waals surface area (Å²) in [6.07, 6.45) is 4.61. The van der Waals surface area contributed by atoms with Crippen molar-refractivity contribution in [2.45, 2.75) is 46.1 Å². The number of carbonyl (C=O) groups is 1. The Bertz CT molecular complexity index is 710. The molecule has 2 N–H and O–H groups in total. The summed E-state index contributed by atoms with van der Waals surface area (Å²) >= 11 is 0. The first-order valence-electron chi connectivity index (χ1n) is 11.9. The Balaban J connectivity index is 1.41. The van der Waals surface area contributed by atoms with Crippen LogP contribution in [0.3, 0.4) is 0 Å². The van der Waals surface area contributed by atoms with Gasteiger partial charge < -0.3 is 20.3 Å². The highest BCUT2D eigenvalue weighted by Gasteiger charge is 2.29. The zero-order chi connectivity index (χ0) is 21.9. The van der Waals surface area contributed by atoms with Crippen LogP contribution >= 0.6 is 0 Å². The van der Waals surface area contributed by atoms with Crippen LogP contribution in [0.15, 0.2) is 29.3 Å². The molecule has 7 heteroatoms. The van der Waals surface area contributed by atoms with Crippen LogP contribution in [0.5, 0.6) is 5.75 Å². The van der Waals surface area contributed by atoms with Crippen molar-refractivity contribution < 1.29 is 9.53 Å². The highest BCUT2D eigenvalue weighted by Crippen LogP contribution is 2.26. The van der Waals surface area contributed by atoms with Gasteiger partial charge in [-0.3, -0.25) is 9.69 Å². The predicted octanol–water partition coefficient (Wildman–Crippen LogP) is 2.47. The average molecular weight is 430 g/mol. The highest BCUT2D eigenvalue weighted by atomic mass is 16.5. The van der Waals surface area contributed by atoms with Gasteiger partial charge in [0.25, 0.3) is 0 Å². The maximum absolute atomic E-state index is 12.6. The summed E-state index contributed by atoms with van der Waals surface area (Å²) in [5.74, 6) is 2.41. The maximum Gasteiger partial charge on any atom is 0.225 e. The molecule has 1 amide bonds. The summed E-state index contributed by atoms with van der Waals surface area (Å²) in [4.78, 5) is 21.8. The molecule has 1 aromatic carbocycles. The standard InChI is InChI=1S/C24H39N5O2/c1-3-25-24(27-19-21-11-7-8-12-22(21)31-4-2)26-13-14-28-15-17-29(18-16-28)23(30)20-9-5-6-10-20/h7-8,11-12,20H,3-6,9-10,13-19H2,1-2H3,(H2,25,26,27). The van der Waals surface area contributed by atoms with E-state index in [0.717, 1.165) is 75.9 Å². The van der Waals surface area contributed by atoms with Crippen LogP contribution in [0.4, 0.5) is 0 Å². The topological polar surface area (TPSA) is 69.2 Å². The molecule has 1 heterocycles. The van der Waals surface area contributed by atoms with Gasteiger partial charge in [0.2, 0.25) is 5.91 Å². The number of hydrogen-bond acceptors (Lipinski definition) is 4. The smallest absolute Gasteiger partial charge is 0.225 e. The van der Waals surface area contributed by atoms with E-state index in [1.54, 1.807) is 0 Å². The van der Waals surface area contributed by atoms with Gasteiger partial charge in [-0.25, -0.2) is 4.99 Å². The van der Waals surface area contributed by atoms with Crippen LogP contribution in [0.2, 0.25) is 0 Å². The number of ether oxygens (including phenoxy) is 1. The second kappa shape index (κ2) is 12.5. The van der Waals surface area contributed by atoms with Gasteiger partial charge in [0, 0.05) is 57.3 Å². The number of nitrogens with zero attached hydrogens (tertiary/aromatic N) is 3. The molecule has 31 heavy (non-hydrogen) atoms.